The molecule has 0 aromatic carbocycles. The minimum atomic E-state index is -0.722. The Morgan fingerprint density at radius 1 is 1.11 bits per heavy atom. The molecule has 0 aliphatic carbocycles. The Bertz CT molecular complexity index is 283. The number of carboxylic acids is 1. The second kappa shape index (κ2) is 8.94. The monoisotopic (exact) mass is 269 g/mol. The quantitative estimate of drug-likeness (QED) is 0.689. The molecule has 0 bridgehead atoms. The lowest BCUT2D eigenvalue weighted by Crippen LogP contribution is -2.38. The number of unbranched alkanes of at least 4 members (excludes halogenated alkanes) is 4. The molecule has 1 amide bonds. The Labute approximate surface area is 116 Å². The zero-order chi connectivity index (χ0) is 14.1. The fraction of sp³-hybridized carbons (Fsp3) is 0.867. The van der Waals surface area contributed by atoms with Crippen LogP contribution in [0.1, 0.15) is 64.7 Å². The number of carbonyl (C=O) groups is 2. The van der Waals surface area contributed by atoms with E-state index in [9.17, 15) is 9.59 Å². The zero-order valence-corrected chi connectivity index (χ0v) is 12.1. The van der Waals surface area contributed by atoms with E-state index in [0.717, 1.165) is 38.8 Å². The Hall–Kier alpha value is -1.06. The molecular weight excluding hydrogens is 242 g/mol. The molecule has 1 rings (SSSR count). The maximum atomic E-state index is 12.0. The number of amides is 1. The highest BCUT2D eigenvalue weighted by Gasteiger charge is 2.23. The fourth-order valence-electron chi connectivity index (χ4n) is 2.67. The molecule has 0 aromatic heterocycles. The average molecular weight is 269 g/mol. The van der Waals surface area contributed by atoms with Crippen LogP contribution in [0.15, 0.2) is 0 Å². The zero-order valence-electron chi connectivity index (χ0n) is 12.1. The van der Waals surface area contributed by atoms with Crippen LogP contribution < -0.4 is 0 Å². The normalized spacial score (nSPS) is 16.6. The summed E-state index contributed by atoms with van der Waals surface area (Å²) in [6.45, 7) is 3.67. The van der Waals surface area contributed by atoms with Crippen LogP contribution in [0.4, 0.5) is 0 Å². The number of hydrogen-bond acceptors (Lipinski definition) is 2. The van der Waals surface area contributed by atoms with Gasteiger partial charge < -0.3 is 10.0 Å². The van der Waals surface area contributed by atoms with E-state index in [4.69, 9.17) is 5.11 Å². The van der Waals surface area contributed by atoms with Crippen molar-refractivity contribution in [3.8, 4) is 0 Å². The van der Waals surface area contributed by atoms with Crippen molar-refractivity contribution >= 4 is 11.9 Å². The van der Waals surface area contributed by atoms with Crippen LogP contribution in [0.2, 0.25) is 0 Å². The molecule has 19 heavy (non-hydrogen) atoms. The van der Waals surface area contributed by atoms with Gasteiger partial charge in [-0.2, -0.15) is 0 Å². The largest absolute Gasteiger partial charge is 0.481 e. The summed E-state index contributed by atoms with van der Waals surface area (Å²) < 4.78 is 0. The molecule has 0 saturated carbocycles. The van der Waals surface area contributed by atoms with Gasteiger partial charge in [0.2, 0.25) is 5.91 Å². The number of hydrogen-bond donors (Lipinski definition) is 1. The highest BCUT2D eigenvalue weighted by Crippen LogP contribution is 2.21. The summed E-state index contributed by atoms with van der Waals surface area (Å²) in [5.74, 6) is -0.211. The van der Waals surface area contributed by atoms with Gasteiger partial charge in [0.1, 0.15) is 0 Å². The van der Waals surface area contributed by atoms with Crippen molar-refractivity contribution in [1.29, 1.82) is 0 Å². The van der Waals surface area contributed by atoms with Gasteiger partial charge in [-0.1, -0.05) is 32.6 Å². The molecule has 110 valence electrons. The summed E-state index contributed by atoms with van der Waals surface area (Å²) in [7, 11) is 0. The number of aliphatic carboxylic acids is 1. The van der Waals surface area contributed by atoms with Gasteiger partial charge in [-0.05, 0) is 25.2 Å². The van der Waals surface area contributed by atoms with E-state index in [1.807, 2.05) is 4.90 Å². The Morgan fingerprint density at radius 2 is 1.74 bits per heavy atom. The molecule has 1 aliphatic rings. The van der Waals surface area contributed by atoms with Crippen LogP contribution in [0, 0.1) is 5.92 Å². The van der Waals surface area contributed by atoms with Gasteiger partial charge in [-0.15, -0.1) is 0 Å². The minimum Gasteiger partial charge on any atom is -0.481 e. The average Bonchev–Trinajstić information content (AvgIpc) is 2.38. The molecule has 1 N–H and O–H groups in total. The number of carbonyl (C=O) groups excluding carboxylic acids is 1. The van der Waals surface area contributed by atoms with E-state index in [1.165, 1.54) is 19.3 Å². The van der Waals surface area contributed by atoms with Gasteiger partial charge in [-0.25, -0.2) is 0 Å². The Balaban J connectivity index is 2.12. The van der Waals surface area contributed by atoms with Crippen LogP contribution in [0.3, 0.4) is 0 Å². The topological polar surface area (TPSA) is 57.6 Å². The number of likely N-dealkylation sites (tertiary alicyclic amines) is 1. The standard InChI is InChI=1S/C15H27NO3/c1-2-3-4-5-6-7-14(17)16-10-8-13(9-11-16)12-15(18)19/h13H,2-12H2,1H3,(H,18,19). The molecule has 1 aliphatic heterocycles. The lowest BCUT2D eigenvalue weighted by molar-refractivity contribution is -0.138. The van der Waals surface area contributed by atoms with Crippen molar-refractivity contribution in [3.05, 3.63) is 0 Å². The van der Waals surface area contributed by atoms with Crippen LogP contribution in [-0.4, -0.2) is 35.0 Å². The van der Waals surface area contributed by atoms with E-state index in [0.29, 0.717) is 6.42 Å². The van der Waals surface area contributed by atoms with Crippen molar-refractivity contribution in [3.63, 3.8) is 0 Å². The predicted octanol–water partition coefficient (Wildman–Crippen LogP) is 3.06. The van der Waals surface area contributed by atoms with Gasteiger partial charge in [0.15, 0.2) is 0 Å². The van der Waals surface area contributed by atoms with Crippen molar-refractivity contribution < 1.29 is 14.7 Å². The predicted molar refractivity (Wildman–Crippen MR) is 74.9 cm³/mol. The maximum absolute atomic E-state index is 12.0. The first-order chi connectivity index (χ1) is 9.13. The van der Waals surface area contributed by atoms with Crippen molar-refractivity contribution in [1.82, 2.24) is 4.90 Å². The van der Waals surface area contributed by atoms with Gasteiger partial charge in [0, 0.05) is 25.9 Å². The van der Waals surface area contributed by atoms with E-state index in [1.54, 1.807) is 0 Å². The Morgan fingerprint density at radius 3 is 2.32 bits per heavy atom. The third-order valence-electron chi connectivity index (χ3n) is 3.92. The maximum Gasteiger partial charge on any atom is 0.303 e. The first kappa shape index (κ1) is 16.0. The number of rotatable bonds is 8. The highest BCUT2D eigenvalue weighted by atomic mass is 16.4. The van der Waals surface area contributed by atoms with Crippen molar-refractivity contribution in [2.24, 2.45) is 5.92 Å². The molecular formula is C15H27NO3. The fourth-order valence-corrected chi connectivity index (χ4v) is 2.67. The van der Waals surface area contributed by atoms with Crippen LogP contribution in [0.25, 0.3) is 0 Å². The third kappa shape index (κ3) is 6.60. The van der Waals surface area contributed by atoms with Gasteiger partial charge in [-0.3, -0.25) is 9.59 Å². The van der Waals surface area contributed by atoms with Crippen molar-refractivity contribution in [2.75, 3.05) is 13.1 Å². The highest BCUT2D eigenvalue weighted by molar-refractivity contribution is 5.76. The van der Waals surface area contributed by atoms with Gasteiger partial charge in [0.05, 0.1) is 0 Å². The molecule has 1 fully saturated rings. The van der Waals surface area contributed by atoms with Crippen LogP contribution in [-0.2, 0) is 9.59 Å². The number of nitrogens with zero attached hydrogens (tertiary/aromatic N) is 1. The first-order valence-electron chi connectivity index (χ1n) is 7.63. The lowest BCUT2D eigenvalue weighted by Gasteiger charge is -2.31. The first-order valence-corrected chi connectivity index (χ1v) is 7.63. The number of carboxylic acid groups (broad SMARTS) is 1. The van der Waals surface area contributed by atoms with Gasteiger partial charge in [0.25, 0.3) is 0 Å². The summed E-state index contributed by atoms with van der Waals surface area (Å²) >= 11 is 0. The molecule has 4 nitrogen and oxygen atoms in total. The van der Waals surface area contributed by atoms with E-state index in [-0.39, 0.29) is 18.2 Å². The molecule has 4 heteroatoms. The molecule has 0 spiro atoms. The summed E-state index contributed by atoms with van der Waals surface area (Å²) in [6.07, 6.45) is 8.45. The van der Waals surface area contributed by atoms with E-state index < -0.39 is 5.97 Å². The van der Waals surface area contributed by atoms with E-state index >= 15 is 0 Å². The smallest absolute Gasteiger partial charge is 0.303 e. The van der Waals surface area contributed by atoms with Gasteiger partial charge >= 0.3 is 5.97 Å². The molecule has 0 aromatic rings. The molecule has 0 atom stereocenters. The molecule has 0 unspecified atom stereocenters. The van der Waals surface area contributed by atoms with Crippen LogP contribution in [0.5, 0.6) is 0 Å². The lowest BCUT2D eigenvalue weighted by atomic mass is 9.93. The van der Waals surface area contributed by atoms with Crippen molar-refractivity contribution in [2.45, 2.75) is 64.7 Å². The second-order valence-electron chi connectivity index (χ2n) is 5.59. The summed E-state index contributed by atoms with van der Waals surface area (Å²) in [5.41, 5.74) is 0. The van der Waals surface area contributed by atoms with Crippen LogP contribution >= 0.6 is 0 Å². The summed E-state index contributed by atoms with van der Waals surface area (Å²) in [5, 5.41) is 8.75. The molecule has 1 saturated heterocycles. The Kier molecular flexibility index (Phi) is 7.53. The summed E-state index contributed by atoms with van der Waals surface area (Å²) in [6, 6.07) is 0. The molecule has 0 radical (unpaired) electrons. The third-order valence-corrected chi connectivity index (χ3v) is 3.92. The minimum absolute atomic E-state index is 0.249. The summed E-state index contributed by atoms with van der Waals surface area (Å²) in [4.78, 5) is 24.5. The number of piperidine rings is 1. The SMILES string of the molecule is CCCCCCCC(=O)N1CCC(CC(=O)O)CC1. The second-order valence-corrected chi connectivity index (χ2v) is 5.59. The molecule has 1 heterocycles. The van der Waals surface area contributed by atoms with E-state index in [2.05, 4.69) is 6.92 Å².